The van der Waals surface area contributed by atoms with Crippen molar-refractivity contribution in [2.75, 3.05) is 0 Å². The molecule has 1 aromatic rings. The molecule has 2 nitrogen and oxygen atoms in total. The molecular formula is C17H23ClO2. The summed E-state index contributed by atoms with van der Waals surface area (Å²) in [7, 11) is 0. The van der Waals surface area contributed by atoms with Crippen LogP contribution in [0.5, 0.6) is 0 Å². The lowest BCUT2D eigenvalue weighted by molar-refractivity contribution is -0.144. The summed E-state index contributed by atoms with van der Waals surface area (Å²) in [6.07, 6.45) is 2.74. The number of benzene rings is 1. The number of rotatable bonds is 3. The smallest absolute Gasteiger partial charge is 0.307 e. The monoisotopic (exact) mass is 294 g/mol. The zero-order chi connectivity index (χ0) is 14.9. The lowest BCUT2D eigenvalue weighted by Gasteiger charge is -2.36. The van der Waals surface area contributed by atoms with Gasteiger partial charge in [-0.15, -0.1) is 0 Å². The zero-order valence-electron chi connectivity index (χ0n) is 12.4. The molecule has 1 aliphatic carbocycles. The van der Waals surface area contributed by atoms with E-state index in [4.69, 9.17) is 11.6 Å². The fourth-order valence-electron chi connectivity index (χ4n) is 3.31. The van der Waals surface area contributed by atoms with Crippen molar-refractivity contribution in [1.29, 1.82) is 0 Å². The molecule has 2 rings (SSSR count). The van der Waals surface area contributed by atoms with Crippen LogP contribution in [-0.2, 0) is 4.79 Å². The van der Waals surface area contributed by atoms with E-state index in [0.717, 1.165) is 35.4 Å². The van der Waals surface area contributed by atoms with Crippen LogP contribution in [-0.4, -0.2) is 11.1 Å². The molecule has 3 heteroatoms. The van der Waals surface area contributed by atoms with Gasteiger partial charge >= 0.3 is 5.97 Å². The first kappa shape index (κ1) is 15.4. The Morgan fingerprint density at radius 1 is 1.35 bits per heavy atom. The summed E-state index contributed by atoms with van der Waals surface area (Å²) in [4.78, 5) is 11.5. The van der Waals surface area contributed by atoms with E-state index in [1.165, 1.54) is 0 Å². The summed E-state index contributed by atoms with van der Waals surface area (Å²) in [5.41, 5.74) is 2.12. The van der Waals surface area contributed by atoms with Crippen LogP contribution in [0.3, 0.4) is 0 Å². The lowest BCUT2D eigenvalue weighted by Crippen LogP contribution is -2.31. The number of aliphatic carboxylic acids is 1. The lowest BCUT2D eigenvalue weighted by atomic mass is 9.68. The molecule has 0 saturated heterocycles. The number of carbonyl (C=O) groups is 1. The van der Waals surface area contributed by atoms with Crippen LogP contribution < -0.4 is 0 Å². The molecule has 1 saturated carbocycles. The van der Waals surface area contributed by atoms with Crippen molar-refractivity contribution in [3.05, 3.63) is 34.3 Å². The number of carboxylic acid groups (broad SMARTS) is 1. The van der Waals surface area contributed by atoms with Gasteiger partial charge in [-0.25, -0.2) is 0 Å². The molecule has 3 atom stereocenters. The molecule has 1 aromatic carbocycles. The van der Waals surface area contributed by atoms with Crippen molar-refractivity contribution < 1.29 is 9.90 Å². The van der Waals surface area contributed by atoms with E-state index in [1.54, 1.807) is 0 Å². The fourth-order valence-corrected chi connectivity index (χ4v) is 3.50. The van der Waals surface area contributed by atoms with Gasteiger partial charge in [0.25, 0.3) is 0 Å². The van der Waals surface area contributed by atoms with Crippen molar-refractivity contribution in [2.45, 2.75) is 46.0 Å². The topological polar surface area (TPSA) is 37.3 Å². The van der Waals surface area contributed by atoms with Crippen LogP contribution in [0.1, 0.15) is 50.2 Å². The van der Waals surface area contributed by atoms with Crippen LogP contribution in [0.25, 0.3) is 0 Å². The molecule has 1 N–H and O–H groups in total. The number of carboxylic acids is 1. The molecular weight excluding hydrogens is 272 g/mol. The van der Waals surface area contributed by atoms with E-state index in [0.29, 0.717) is 11.8 Å². The van der Waals surface area contributed by atoms with Gasteiger partial charge < -0.3 is 5.11 Å². The Hall–Kier alpha value is -1.02. The molecule has 0 spiro atoms. The molecule has 20 heavy (non-hydrogen) atoms. The summed E-state index contributed by atoms with van der Waals surface area (Å²) in [6, 6.07) is 6.00. The Labute approximate surface area is 126 Å². The zero-order valence-corrected chi connectivity index (χ0v) is 13.2. The molecule has 0 aromatic heterocycles. The highest BCUT2D eigenvalue weighted by Gasteiger charge is 2.36. The number of hydrogen-bond acceptors (Lipinski definition) is 1. The van der Waals surface area contributed by atoms with Crippen LogP contribution >= 0.6 is 11.6 Å². The van der Waals surface area contributed by atoms with Crippen LogP contribution in [0.15, 0.2) is 18.2 Å². The van der Waals surface area contributed by atoms with Crippen molar-refractivity contribution >= 4 is 17.6 Å². The Balaban J connectivity index is 2.31. The van der Waals surface area contributed by atoms with Crippen molar-refractivity contribution in [3.8, 4) is 0 Å². The largest absolute Gasteiger partial charge is 0.481 e. The van der Waals surface area contributed by atoms with Gasteiger partial charge in [-0.1, -0.05) is 37.6 Å². The third kappa shape index (κ3) is 3.17. The molecule has 0 radical (unpaired) electrons. The summed E-state index contributed by atoms with van der Waals surface area (Å²) < 4.78 is 0. The van der Waals surface area contributed by atoms with Gasteiger partial charge in [0.2, 0.25) is 0 Å². The molecule has 0 bridgehead atoms. The highest BCUT2D eigenvalue weighted by Crippen LogP contribution is 2.43. The van der Waals surface area contributed by atoms with E-state index in [2.05, 4.69) is 13.8 Å². The third-order valence-electron chi connectivity index (χ3n) is 4.77. The number of halogens is 1. The highest BCUT2D eigenvalue weighted by molar-refractivity contribution is 6.31. The minimum Gasteiger partial charge on any atom is -0.481 e. The van der Waals surface area contributed by atoms with Crippen LogP contribution in [0.2, 0.25) is 5.02 Å². The van der Waals surface area contributed by atoms with E-state index in [-0.39, 0.29) is 11.8 Å². The van der Waals surface area contributed by atoms with E-state index in [9.17, 15) is 9.90 Å². The van der Waals surface area contributed by atoms with Crippen molar-refractivity contribution in [2.24, 2.45) is 17.8 Å². The normalized spacial score (nSPS) is 26.8. The molecule has 110 valence electrons. The maximum Gasteiger partial charge on any atom is 0.307 e. The molecule has 3 unspecified atom stereocenters. The molecule has 0 heterocycles. The summed E-state index contributed by atoms with van der Waals surface area (Å²) in [6.45, 7) is 6.43. The van der Waals surface area contributed by atoms with Gasteiger partial charge in [0.05, 0.1) is 5.92 Å². The van der Waals surface area contributed by atoms with E-state index >= 15 is 0 Å². The number of hydrogen-bond donors (Lipinski definition) is 1. The third-order valence-corrected chi connectivity index (χ3v) is 5.18. The minimum absolute atomic E-state index is 0.0896. The molecule has 1 fully saturated rings. The first-order valence-corrected chi connectivity index (χ1v) is 7.76. The Kier molecular flexibility index (Phi) is 4.74. The fraction of sp³-hybridized carbons (Fsp3) is 0.588. The molecule has 0 amide bonds. The predicted molar refractivity (Wildman–Crippen MR) is 82.2 cm³/mol. The summed E-state index contributed by atoms with van der Waals surface area (Å²) >= 11 is 6.21. The van der Waals surface area contributed by atoms with E-state index in [1.807, 2.05) is 25.1 Å². The maximum atomic E-state index is 11.5. The average molecular weight is 295 g/mol. The Bertz CT molecular complexity index is 496. The van der Waals surface area contributed by atoms with Gasteiger partial charge in [-0.2, -0.15) is 0 Å². The average Bonchev–Trinajstić information content (AvgIpc) is 2.41. The first-order chi connectivity index (χ1) is 9.40. The van der Waals surface area contributed by atoms with Gasteiger partial charge in [-0.05, 0) is 61.1 Å². The Morgan fingerprint density at radius 2 is 2.05 bits per heavy atom. The first-order valence-electron chi connectivity index (χ1n) is 7.39. The van der Waals surface area contributed by atoms with Crippen LogP contribution in [0, 0.1) is 24.7 Å². The van der Waals surface area contributed by atoms with Gasteiger partial charge in [0.15, 0.2) is 0 Å². The van der Waals surface area contributed by atoms with Gasteiger partial charge in [0, 0.05) is 5.02 Å². The van der Waals surface area contributed by atoms with Crippen molar-refractivity contribution in [1.82, 2.24) is 0 Å². The quantitative estimate of drug-likeness (QED) is 0.862. The summed E-state index contributed by atoms with van der Waals surface area (Å²) in [5.74, 6) is 0.355. The molecule has 1 aliphatic rings. The molecule has 0 aliphatic heterocycles. The summed E-state index contributed by atoms with van der Waals surface area (Å²) in [5, 5.41) is 10.2. The Morgan fingerprint density at radius 3 is 2.60 bits per heavy atom. The second-order valence-corrected chi connectivity index (χ2v) is 6.78. The highest BCUT2D eigenvalue weighted by atomic mass is 35.5. The van der Waals surface area contributed by atoms with Crippen LogP contribution in [0.4, 0.5) is 0 Å². The standard InChI is InChI=1S/C17H23ClO2/c1-10(2)12-6-7-14(17(19)20)15(8-12)13-5-4-11(3)16(18)9-13/h4-5,9-10,12,14-15H,6-8H2,1-3H3,(H,19,20). The second-order valence-electron chi connectivity index (χ2n) is 6.38. The minimum atomic E-state index is -0.672. The van der Waals surface area contributed by atoms with Gasteiger partial charge in [-0.3, -0.25) is 4.79 Å². The SMILES string of the molecule is Cc1ccc(C2CC(C(C)C)CCC2C(=O)O)cc1Cl. The predicted octanol–water partition coefficient (Wildman–Crippen LogP) is 4.89. The van der Waals surface area contributed by atoms with Gasteiger partial charge in [0.1, 0.15) is 0 Å². The maximum absolute atomic E-state index is 11.5. The van der Waals surface area contributed by atoms with Crippen molar-refractivity contribution in [3.63, 3.8) is 0 Å². The second kappa shape index (κ2) is 6.17. The number of aryl methyl sites for hydroxylation is 1. The van der Waals surface area contributed by atoms with E-state index < -0.39 is 5.97 Å².